The lowest BCUT2D eigenvalue weighted by Crippen LogP contribution is -2.18. The zero-order valence-electron chi connectivity index (χ0n) is 17.7. The van der Waals surface area contributed by atoms with Gasteiger partial charge in [0.2, 0.25) is 0 Å². The molecule has 0 bridgehead atoms. The molecule has 7 heteroatoms. The third kappa shape index (κ3) is 5.28. The molecular formula is C26H20Cl2N2O3. The molecule has 0 radical (unpaired) electrons. The quantitative estimate of drug-likeness (QED) is 0.243. The predicted octanol–water partition coefficient (Wildman–Crippen LogP) is 6.50. The van der Waals surface area contributed by atoms with E-state index >= 15 is 0 Å². The van der Waals surface area contributed by atoms with Crippen molar-refractivity contribution >= 4 is 46.1 Å². The van der Waals surface area contributed by atoms with Crippen LogP contribution in [0.15, 0.2) is 84.0 Å². The second-order valence-electron chi connectivity index (χ2n) is 7.14. The van der Waals surface area contributed by atoms with Crippen LogP contribution in [0.4, 0.5) is 0 Å². The lowest BCUT2D eigenvalue weighted by molar-refractivity contribution is 0.0957. The van der Waals surface area contributed by atoms with Gasteiger partial charge in [0.25, 0.3) is 5.91 Å². The van der Waals surface area contributed by atoms with Crippen LogP contribution in [0.3, 0.4) is 0 Å². The lowest BCUT2D eigenvalue weighted by Gasteiger charge is -2.13. The SMILES string of the molecule is COc1cccc(/C=N\NC(=O)c2cccc3ccccc23)c1OCc1ccc(Cl)c(Cl)c1. The molecule has 4 rings (SSSR count). The number of hydrogen-bond donors (Lipinski definition) is 1. The van der Waals surface area contributed by atoms with Gasteiger partial charge >= 0.3 is 0 Å². The second-order valence-corrected chi connectivity index (χ2v) is 7.96. The number of ether oxygens (including phenoxy) is 2. The molecule has 1 amide bonds. The third-order valence-electron chi connectivity index (χ3n) is 5.00. The zero-order chi connectivity index (χ0) is 23.2. The first kappa shape index (κ1) is 22.6. The van der Waals surface area contributed by atoms with E-state index in [1.165, 1.54) is 6.21 Å². The van der Waals surface area contributed by atoms with Gasteiger partial charge < -0.3 is 9.47 Å². The van der Waals surface area contributed by atoms with Crippen LogP contribution in [-0.2, 0) is 6.61 Å². The summed E-state index contributed by atoms with van der Waals surface area (Å²) in [5.41, 5.74) is 4.64. The molecule has 0 aliphatic rings. The van der Waals surface area contributed by atoms with E-state index in [1.54, 1.807) is 31.4 Å². The van der Waals surface area contributed by atoms with E-state index in [0.717, 1.165) is 16.3 Å². The number of para-hydroxylation sites is 1. The van der Waals surface area contributed by atoms with Gasteiger partial charge in [0.15, 0.2) is 11.5 Å². The summed E-state index contributed by atoms with van der Waals surface area (Å²) in [5.74, 6) is 0.734. The molecule has 4 aromatic carbocycles. The first-order chi connectivity index (χ1) is 16.1. The van der Waals surface area contributed by atoms with E-state index < -0.39 is 0 Å². The van der Waals surface area contributed by atoms with E-state index in [-0.39, 0.29) is 12.5 Å². The molecule has 0 spiro atoms. The average molecular weight is 479 g/mol. The Bertz CT molecular complexity index is 1330. The fourth-order valence-electron chi connectivity index (χ4n) is 3.38. The van der Waals surface area contributed by atoms with Gasteiger partial charge in [-0.2, -0.15) is 5.10 Å². The van der Waals surface area contributed by atoms with Crippen LogP contribution in [-0.4, -0.2) is 19.2 Å². The van der Waals surface area contributed by atoms with Crippen molar-refractivity contribution in [1.82, 2.24) is 5.43 Å². The minimum absolute atomic E-state index is 0.250. The van der Waals surface area contributed by atoms with Gasteiger partial charge in [-0.05, 0) is 46.7 Å². The topological polar surface area (TPSA) is 59.9 Å². The van der Waals surface area contributed by atoms with E-state index in [4.69, 9.17) is 32.7 Å². The summed E-state index contributed by atoms with van der Waals surface area (Å²) < 4.78 is 11.5. The highest BCUT2D eigenvalue weighted by molar-refractivity contribution is 6.42. The summed E-state index contributed by atoms with van der Waals surface area (Å²) >= 11 is 12.1. The number of hydrogen-bond acceptors (Lipinski definition) is 4. The highest BCUT2D eigenvalue weighted by Crippen LogP contribution is 2.31. The lowest BCUT2D eigenvalue weighted by atomic mass is 10.0. The van der Waals surface area contributed by atoms with Crippen molar-refractivity contribution in [2.24, 2.45) is 5.10 Å². The van der Waals surface area contributed by atoms with Crippen molar-refractivity contribution in [1.29, 1.82) is 0 Å². The first-order valence-corrected chi connectivity index (χ1v) is 10.9. The maximum absolute atomic E-state index is 12.7. The number of halogens is 2. The molecule has 5 nitrogen and oxygen atoms in total. The number of amides is 1. The molecule has 0 saturated carbocycles. The minimum atomic E-state index is -0.302. The fourth-order valence-corrected chi connectivity index (χ4v) is 3.70. The number of rotatable bonds is 7. The Balaban J connectivity index is 1.52. The Morgan fingerprint density at radius 1 is 0.970 bits per heavy atom. The highest BCUT2D eigenvalue weighted by atomic mass is 35.5. The Morgan fingerprint density at radius 2 is 1.76 bits per heavy atom. The largest absolute Gasteiger partial charge is 0.493 e. The molecule has 0 aliphatic carbocycles. The van der Waals surface area contributed by atoms with Gasteiger partial charge in [0.05, 0.1) is 23.4 Å². The summed E-state index contributed by atoms with van der Waals surface area (Å²) in [4.78, 5) is 12.7. The molecule has 33 heavy (non-hydrogen) atoms. The van der Waals surface area contributed by atoms with E-state index in [0.29, 0.717) is 32.7 Å². The number of nitrogens with one attached hydrogen (secondary N) is 1. The van der Waals surface area contributed by atoms with Gasteiger partial charge in [-0.15, -0.1) is 0 Å². The highest BCUT2D eigenvalue weighted by Gasteiger charge is 2.12. The molecular weight excluding hydrogens is 459 g/mol. The van der Waals surface area contributed by atoms with Crippen LogP contribution in [0.5, 0.6) is 11.5 Å². The van der Waals surface area contributed by atoms with Gasteiger partial charge in [-0.1, -0.05) is 71.7 Å². The Labute approximate surface area is 201 Å². The van der Waals surface area contributed by atoms with Gasteiger partial charge in [0, 0.05) is 11.1 Å². The number of carbonyl (C=O) groups is 1. The van der Waals surface area contributed by atoms with Crippen LogP contribution in [0.2, 0.25) is 10.0 Å². The summed E-state index contributed by atoms with van der Waals surface area (Å²) in [6.45, 7) is 0.250. The molecule has 0 atom stereocenters. The van der Waals surface area contributed by atoms with Crippen LogP contribution in [0.25, 0.3) is 10.8 Å². The summed E-state index contributed by atoms with van der Waals surface area (Å²) in [6.07, 6.45) is 1.52. The molecule has 0 heterocycles. The minimum Gasteiger partial charge on any atom is -0.493 e. The summed E-state index contributed by atoms with van der Waals surface area (Å²) in [5, 5.41) is 6.92. The average Bonchev–Trinajstić information content (AvgIpc) is 2.84. The van der Waals surface area contributed by atoms with Crippen LogP contribution < -0.4 is 14.9 Å². The van der Waals surface area contributed by atoms with Crippen molar-refractivity contribution in [3.8, 4) is 11.5 Å². The number of hydrazone groups is 1. The molecule has 166 valence electrons. The third-order valence-corrected chi connectivity index (χ3v) is 5.74. The molecule has 4 aromatic rings. The normalized spacial score (nSPS) is 11.0. The molecule has 0 unspecified atom stereocenters. The molecule has 0 fully saturated rings. The number of methoxy groups -OCH3 is 1. The molecule has 1 N–H and O–H groups in total. The van der Waals surface area contributed by atoms with Crippen LogP contribution in [0.1, 0.15) is 21.5 Å². The molecule has 0 aromatic heterocycles. The van der Waals surface area contributed by atoms with Crippen molar-refractivity contribution < 1.29 is 14.3 Å². The van der Waals surface area contributed by atoms with E-state index in [9.17, 15) is 4.79 Å². The number of benzene rings is 4. The van der Waals surface area contributed by atoms with Gasteiger partial charge in [0.1, 0.15) is 6.61 Å². The van der Waals surface area contributed by atoms with Crippen molar-refractivity contribution in [2.45, 2.75) is 6.61 Å². The van der Waals surface area contributed by atoms with Crippen molar-refractivity contribution in [3.63, 3.8) is 0 Å². The second kappa shape index (κ2) is 10.4. The molecule has 0 saturated heterocycles. The Morgan fingerprint density at radius 3 is 2.58 bits per heavy atom. The predicted molar refractivity (Wildman–Crippen MR) is 133 cm³/mol. The molecule has 0 aliphatic heterocycles. The smallest absolute Gasteiger partial charge is 0.271 e. The Kier molecular flexibility index (Phi) is 7.13. The standard InChI is InChI=1S/C26H20Cl2N2O3/c1-32-24-11-5-8-19(25(24)33-16-17-12-13-22(27)23(28)14-17)15-29-30-26(31)21-10-4-7-18-6-2-3-9-20(18)21/h2-15H,16H2,1H3,(H,30,31)/b29-15-. The van der Waals surface area contributed by atoms with E-state index in [2.05, 4.69) is 10.5 Å². The first-order valence-electron chi connectivity index (χ1n) is 10.1. The Hall–Kier alpha value is -3.54. The van der Waals surface area contributed by atoms with Gasteiger partial charge in [-0.3, -0.25) is 4.79 Å². The maximum atomic E-state index is 12.7. The fraction of sp³-hybridized carbons (Fsp3) is 0.0769. The van der Waals surface area contributed by atoms with Crippen LogP contribution in [0, 0.1) is 0 Å². The number of fused-ring (bicyclic) bond motifs is 1. The number of carbonyl (C=O) groups excluding carboxylic acids is 1. The number of nitrogens with zero attached hydrogens (tertiary/aromatic N) is 1. The zero-order valence-corrected chi connectivity index (χ0v) is 19.2. The summed E-state index contributed by atoms with van der Waals surface area (Å²) in [6, 6.07) is 24.0. The van der Waals surface area contributed by atoms with E-state index in [1.807, 2.05) is 54.6 Å². The van der Waals surface area contributed by atoms with Crippen LogP contribution >= 0.6 is 23.2 Å². The van der Waals surface area contributed by atoms with Crippen molar-refractivity contribution in [2.75, 3.05) is 7.11 Å². The summed E-state index contributed by atoms with van der Waals surface area (Å²) in [7, 11) is 1.56. The maximum Gasteiger partial charge on any atom is 0.271 e. The monoisotopic (exact) mass is 478 g/mol. The van der Waals surface area contributed by atoms with Crippen molar-refractivity contribution in [3.05, 3.63) is 106 Å². The van der Waals surface area contributed by atoms with Gasteiger partial charge in [-0.25, -0.2) is 5.43 Å².